The summed E-state index contributed by atoms with van der Waals surface area (Å²) in [5.41, 5.74) is 3.32. The van der Waals surface area contributed by atoms with Gasteiger partial charge in [0.05, 0.1) is 13.4 Å². The summed E-state index contributed by atoms with van der Waals surface area (Å²) in [4.78, 5) is 21.4. The zero-order chi connectivity index (χ0) is 23.7. The molecule has 0 bridgehead atoms. The number of nitrogens with one attached hydrogen (secondary N) is 2. The molecule has 0 spiro atoms. The fourth-order valence-electron chi connectivity index (χ4n) is 4.50. The topological polar surface area (TPSA) is 82.2 Å². The molecule has 4 aromatic rings. The number of nitrogens with zero attached hydrogens (tertiary/aromatic N) is 4. The molecule has 174 valence electrons. The van der Waals surface area contributed by atoms with E-state index in [0.717, 1.165) is 43.2 Å². The normalized spacial score (nSPS) is 14.9. The Morgan fingerprint density at radius 2 is 1.76 bits per heavy atom. The van der Waals surface area contributed by atoms with Crippen LogP contribution < -0.4 is 15.2 Å². The van der Waals surface area contributed by atoms with Crippen LogP contribution in [0.1, 0.15) is 11.6 Å². The lowest BCUT2D eigenvalue weighted by Gasteiger charge is -2.40. The summed E-state index contributed by atoms with van der Waals surface area (Å²) in [7, 11) is 1.67. The van der Waals surface area contributed by atoms with Crippen LogP contribution in [0.3, 0.4) is 0 Å². The molecule has 0 amide bonds. The van der Waals surface area contributed by atoms with Crippen LogP contribution in [-0.4, -0.2) is 57.9 Å². The zero-order valence-corrected chi connectivity index (χ0v) is 19.7. The number of piperazine rings is 1. The van der Waals surface area contributed by atoms with Gasteiger partial charge >= 0.3 is 0 Å². The highest BCUT2D eigenvalue weighted by Crippen LogP contribution is 2.30. The molecule has 1 saturated heterocycles. The number of H-pyrrole nitrogens is 2. The lowest BCUT2D eigenvalue weighted by atomic mass is 10.0. The molecule has 1 aliphatic rings. The summed E-state index contributed by atoms with van der Waals surface area (Å²) in [6.45, 7) is 7.86. The van der Waals surface area contributed by atoms with Gasteiger partial charge in [0.25, 0.3) is 5.56 Å². The number of hydrogen-bond donors (Lipinski definition) is 2. The van der Waals surface area contributed by atoms with Gasteiger partial charge in [-0.25, -0.2) is 4.98 Å². The molecule has 1 fully saturated rings. The molecule has 9 heteroatoms. The van der Waals surface area contributed by atoms with Crippen molar-refractivity contribution >= 4 is 28.9 Å². The molecule has 3 heterocycles. The predicted molar refractivity (Wildman–Crippen MR) is 136 cm³/mol. The number of fused-ring (bicyclic) bond motifs is 1. The van der Waals surface area contributed by atoms with E-state index in [1.54, 1.807) is 13.4 Å². The molecule has 2 aromatic heterocycles. The highest BCUT2D eigenvalue weighted by Gasteiger charge is 2.26. The number of methoxy groups -OCH3 is 1. The number of rotatable bonds is 6. The summed E-state index contributed by atoms with van der Waals surface area (Å²) in [5, 5.41) is 5.74. The van der Waals surface area contributed by atoms with Crippen molar-refractivity contribution in [3.63, 3.8) is 0 Å². The molecular formula is C25H26N6O2S. The Kier molecular flexibility index (Phi) is 5.93. The maximum atomic E-state index is 12.3. The van der Waals surface area contributed by atoms with Crippen LogP contribution in [0.25, 0.3) is 11.0 Å². The van der Waals surface area contributed by atoms with Gasteiger partial charge in [0, 0.05) is 37.6 Å². The number of aromatic nitrogens is 4. The first-order valence-electron chi connectivity index (χ1n) is 11.1. The smallest absolute Gasteiger partial charge is 0.276 e. The lowest BCUT2D eigenvalue weighted by molar-refractivity contribution is 0.294. The zero-order valence-electron chi connectivity index (χ0n) is 18.9. The van der Waals surface area contributed by atoms with E-state index < -0.39 is 0 Å². The first-order chi connectivity index (χ1) is 16.6. The van der Waals surface area contributed by atoms with Crippen LogP contribution in [0.15, 0.2) is 78.0 Å². The summed E-state index contributed by atoms with van der Waals surface area (Å²) in [6, 6.07) is 18.0. The quantitative estimate of drug-likeness (QED) is 0.415. The molecule has 2 N–H and O–H groups in total. The second-order valence-corrected chi connectivity index (χ2v) is 8.62. The van der Waals surface area contributed by atoms with Crippen LogP contribution in [0.5, 0.6) is 5.75 Å². The van der Waals surface area contributed by atoms with Gasteiger partial charge in [-0.1, -0.05) is 49.1 Å². The third-order valence-electron chi connectivity index (χ3n) is 6.35. The van der Waals surface area contributed by atoms with E-state index in [9.17, 15) is 4.79 Å². The third kappa shape index (κ3) is 3.99. The van der Waals surface area contributed by atoms with E-state index in [2.05, 4.69) is 55.8 Å². The lowest BCUT2D eigenvalue weighted by Crippen LogP contribution is -2.47. The summed E-state index contributed by atoms with van der Waals surface area (Å²) in [5.74, 6) is 0.852. The number of anilines is 1. The largest absolute Gasteiger partial charge is 0.497 e. The molecule has 1 unspecified atom stereocenters. The molecule has 8 nitrogen and oxygen atoms in total. The van der Waals surface area contributed by atoms with Gasteiger partial charge in [-0.3, -0.25) is 15.0 Å². The Morgan fingerprint density at radius 1 is 1.06 bits per heavy atom. The molecular weight excluding hydrogens is 448 g/mol. The average molecular weight is 475 g/mol. The van der Waals surface area contributed by atoms with Gasteiger partial charge in [0.15, 0.2) is 5.65 Å². The Balaban J connectivity index is 1.43. The van der Waals surface area contributed by atoms with Gasteiger partial charge in [0.2, 0.25) is 0 Å². The number of allylic oxidation sites excluding steroid dienone is 1. The molecule has 5 rings (SSSR count). The maximum Gasteiger partial charge on any atom is 0.276 e. The van der Waals surface area contributed by atoms with Crippen molar-refractivity contribution in [2.75, 3.05) is 38.2 Å². The van der Waals surface area contributed by atoms with E-state index in [1.807, 2.05) is 34.9 Å². The minimum atomic E-state index is -0.271. The van der Waals surface area contributed by atoms with Crippen molar-refractivity contribution in [3.05, 3.63) is 93.8 Å². The third-order valence-corrected chi connectivity index (χ3v) is 6.77. The molecule has 2 aromatic carbocycles. The van der Waals surface area contributed by atoms with E-state index in [4.69, 9.17) is 17.0 Å². The second kappa shape index (κ2) is 9.18. The maximum absolute atomic E-state index is 12.3. The van der Waals surface area contributed by atoms with E-state index in [-0.39, 0.29) is 11.6 Å². The first-order valence-corrected chi connectivity index (χ1v) is 11.5. The summed E-state index contributed by atoms with van der Waals surface area (Å²) >= 11 is 5.74. The van der Waals surface area contributed by atoms with Gasteiger partial charge in [-0.15, -0.1) is 0 Å². The average Bonchev–Trinajstić information content (AvgIpc) is 3.27. The SMILES string of the molecule is C=C(C(c1ccccc1)n1cnc2[nH][nH]c(=O)c2c1=S)N1CCN(c2ccc(OC)cc2)CC1. The van der Waals surface area contributed by atoms with E-state index >= 15 is 0 Å². The van der Waals surface area contributed by atoms with Gasteiger partial charge in [-0.05, 0) is 29.8 Å². The Morgan fingerprint density at radius 3 is 2.44 bits per heavy atom. The van der Waals surface area contributed by atoms with Gasteiger partial charge in [0.1, 0.15) is 21.8 Å². The minimum Gasteiger partial charge on any atom is -0.497 e. The minimum absolute atomic E-state index is 0.271. The van der Waals surface area contributed by atoms with Gasteiger partial charge < -0.3 is 19.1 Å². The number of hydrogen-bond acceptors (Lipinski definition) is 6. The Labute approximate surface area is 202 Å². The van der Waals surface area contributed by atoms with Crippen LogP contribution in [0.2, 0.25) is 0 Å². The van der Waals surface area contributed by atoms with Crippen molar-refractivity contribution < 1.29 is 4.74 Å². The van der Waals surface area contributed by atoms with Crippen molar-refractivity contribution in [2.24, 2.45) is 0 Å². The number of benzene rings is 2. The van der Waals surface area contributed by atoms with Crippen LogP contribution in [-0.2, 0) is 0 Å². The Hall–Kier alpha value is -3.85. The van der Waals surface area contributed by atoms with Crippen molar-refractivity contribution in [1.29, 1.82) is 0 Å². The highest BCUT2D eigenvalue weighted by molar-refractivity contribution is 7.71. The highest BCUT2D eigenvalue weighted by atomic mass is 32.1. The van der Waals surface area contributed by atoms with E-state index in [1.165, 1.54) is 5.69 Å². The van der Waals surface area contributed by atoms with Crippen molar-refractivity contribution in [3.8, 4) is 5.75 Å². The van der Waals surface area contributed by atoms with Crippen LogP contribution >= 0.6 is 12.2 Å². The first kappa shape index (κ1) is 22.0. The fourth-order valence-corrected chi connectivity index (χ4v) is 4.84. The molecule has 34 heavy (non-hydrogen) atoms. The second-order valence-electron chi connectivity index (χ2n) is 8.24. The van der Waals surface area contributed by atoms with Gasteiger partial charge in [-0.2, -0.15) is 0 Å². The monoisotopic (exact) mass is 474 g/mol. The number of ether oxygens (including phenoxy) is 1. The Bertz CT molecular complexity index is 1420. The molecule has 1 atom stereocenters. The fraction of sp³-hybridized carbons (Fsp3) is 0.240. The van der Waals surface area contributed by atoms with Crippen LogP contribution in [0.4, 0.5) is 5.69 Å². The summed E-state index contributed by atoms with van der Waals surface area (Å²) < 4.78 is 7.58. The predicted octanol–water partition coefficient (Wildman–Crippen LogP) is 3.72. The summed E-state index contributed by atoms with van der Waals surface area (Å²) in [6.07, 6.45) is 1.69. The van der Waals surface area contributed by atoms with Crippen molar-refractivity contribution in [2.45, 2.75) is 6.04 Å². The number of aromatic amines is 2. The standard InChI is InChI=1S/C25H26N6O2S/c1-17(29-12-14-30(15-13-29)19-8-10-20(33-2)11-9-19)22(18-6-4-3-5-7-18)31-16-26-23-21(25(31)34)24(32)28-27-23/h3-11,16,22H,1,12-15H2,2H3,(H2,27,28,32). The molecule has 0 aliphatic carbocycles. The van der Waals surface area contributed by atoms with Crippen LogP contribution in [0, 0.1) is 4.64 Å². The van der Waals surface area contributed by atoms with E-state index in [0.29, 0.717) is 15.7 Å². The van der Waals surface area contributed by atoms with Crippen molar-refractivity contribution in [1.82, 2.24) is 24.6 Å². The molecule has 1 aliphatic heterocycles. The molecule has 0 radical (unpaired) electrons. The molecule has 0 saturated carbocycles.